The summed E-state index contributed by atoms with van der Waals surface area (Å²) in [7, 11) is 3.52. The van der Waals surface area contributed by atoms with Gasteiger partial charge in [0.25, 0.3) is 0 Å². The van der Waals surface area contributed by atoms with Crippen molar-refractivity contribution in [2.24, 2.45) is 5.41 Å². The van der Waals surface area contributed by atoms with Crippen molar-refractivity contribution in [3.05, 3.63) is 23.3 Å². The fourth-order valence-corrected chi connectivity index (χ4v) is 2.28. The summed E-state index contributed by atoms with van der Waals surface area (Å²) in [5, 5.41) is 0. The smallest absolute Gasteiger partial charge is 0.0546 e. The zero-order chi connectivity index (χ0) is 11.3. The molecule has 0 amide bonds. The summed E-state index contributed by atoms with van der Waals surface area (Å²) in [5.74, 6) is 0. The Bertz CT molecular complexity index is 254. The van der Waals surface area contributed by atoms with Gasteiger partial charge in [-0.05, 0) is 26.7 Å². The number of hydrogen-bond donors (Lipinski definition) is 0. The monoisotopic (exact) mass is 210 g/mol. The van der Waals surface area contributed by atoms with Crippen molar-refractivity contribution < 1.29 is 9.47 Å². The molecule has 0 spiro atoms. The van der Waals surface area contributed by atoms with E-state index in [4.69, 9.17) is 9.47 Å². The molecule has 0 saturated carbocycles. The first-order valence-corrected chi connectivity index (χ1v) is 5.44. The van der Waals surface area contributed by atoms with Gasteiger partial charge in [-0.1, -0.05) is 23.3 Å². The Hall–Kier alpha value is -0.600. The molecule has 86 valence electrons. The highest BCUT2D eigenvalue weighted by Crippen LogP contribution is 2.38. The molecule has 1 aliphatic rings. The van der Waals surface area contributed by atoms with Crippen molar-refractivity contribution in [1.29, 1.82) is 0 Å². The van der Waals surface area contributed by atoms with Gasteiger partial charge in [-0.3, -0.25) is 0 Å². The fourth-order valence-electron chi connectivity index (χ4n) is 2.28. The molecule has 0 heterocycles. The first-order chi connectivity index (χ1) is 7.12. The van der Waals surface area contributed by atoms with E-state index in [2.05, 4.69) is 26.0 Å². The van der Waals surface area contributed by atoms with Crippen molar-refractivity contribution in [3.63, 3.8) is 0 Å². The van der Waals surface area contributed by atoms with E-state index in [1.54, 1.807) is 14.2 Å². The lowest BCUT2D eigenvalue weighted by atomic mass is 9.86. The van der Waals surface area contributed by atoms with E-state index in [0.717, 1.165) is 26.1 Å². The van der Waals surface area contributed by atoms with E-state index in [0.29, 0.717) is 0 Å². The van der Waals surface area contributed by atoms with E-state index in [9.17, 15) is 0 Å². The largest absolute Gasteiger partial charge is 0.384 e. The molecular weight excluding hydrogens is 188 g/mol. The predicted molar refractivity (Wildman–Crippen MR) is 62.9 cm³/mol. The number of ether oxygens (including phenoxy) is 2. The maximum atomic E-state index is 5.30. The molecule has 0 aromatic rings. The first kappa shape index (κ1) is 12.5. The zero-order valence-electron chi connectivity index (χ0n) is 10.3. The van der Waals surface area contributed by atoms with Crippen LogP contribution in [0.1, 0.15) is 26.7 Å². The Labute approximate surface area is 93.0 Å². The summed E-state index contributed by atoms with van der Waals surface area (Å²) < 4.78 is 10.6. The molecule has 0 unspecified atom stereocenters. The van der Waals surface area contributed by atoms with E-state index >= 15 is 0 Å². The van der Waals surface area contributed by atoms with Gasteiger partial charge in [0.05, 0.1) is 13.2 Å². The Morgan fingerprint density at radius 3 is 2.40 bits per heavy atom. The molecule has 1 aliphatic carbocycles. The first-order valence-electron chi connectivity index (χ1n) is 5.44. The predicted octanol–water partition coefficient (Wildman–Crippen LogP) is 2.95. The third kappa shape index (κ3) is 3.47. The second kappa shape index (κ2) is 5.47. The molecule has 0 fully saturated rings. The highest BCUT2D eigenvalue weighted by Gasteiger charge is 2.34. The van der Waals surface area contributed by atoms with Crippen LogP contribution in [0.4, 0.5) is 0 Å². The van der Waals surface area contributed by atoms with Crippen LogP contribution in [0.3, 0.4) is 0 Å². The van der Waals surface area contributed by atoms with E-state index in [1.807, 2.05) is 0 Å². The molecule has 0 saturated heterocycles. The van der Waals surface area contributed by atoms with Crippen LogP contribution in [0.2, 0.25) is 0 Å². The van der Waals surface area contributed by atoms with Gasteiger partial charge in [-0.15, -0.1) is 0 Å². The Morgan fingerprint density at radius 2 is 1.93 bits per heavy atom. The zero-order valence-corrected chi connectivity index (χ0v) is 10.3. The van der Waals surface area contributed by atoms with Crippen LogP contribution in [0.5, 0.6) is 0 Å². The van der Waals surface area contributed by atoms with Crippen LogP contribution in [0.25, 0.3) is 0 Å². The molecule has 1 rings (SSSR count). The highest BCUT2D eigenvalue weighted by atomic mass is 16.5. The van der Waals surface area contributed by atoms with Gasteiger partial charge >= 0.3 is 0 Å². The molecule has 0 bridgehead atoms. The van der Waals surface area contributed by atoms with Crippen molar-refractivity contribution in [1.82, 2.24) is 0 Å². The quantitative estimate of drug-likeness (QED) is 0.694. The summed E-state index contributed by atoms with van der Waals surface area (Å²) in [5.41, 5.74) is 2.95. The lowest BCUT2D eigenvalue weighted by Crippen LogP contribution is -2.29. The van der Waals surface area contributed by atoms with Gasteiger partial charge in [0.1, 0.15) is 0 Å². The molecule has 0 aliphatic heterocycles. The van der Waals surface area contributed by atoms with Crippen LogP contribution in [0.15, 0.2) is 23.3 Å². The van der Waals surface area contributed by atoms with Crippen LogP contribution < -0.4 is 0 Å². The average molecular weight is 210 g/mol. The molecule has 0 aromatic carbocycles. The maximum absolute atomic E-state index is 5.30. The lowest BCUT2D eigenvalue weighted by molar-refractivity contribution is 0.0177. The summed E-state index contributed by atoms with van der Waals surface area (Å²) in [4.78, 5) is 0. The third-order valence-corrected chi connectivity index (χ3v) is 2.75. The molecule has 15 heavy (non-hydrogen) atoms. The second-order valence-corrected chi connectivity index (χ2v) is 4.75. The van der Waals surface area contributed by atoms with Crippen LogP contribution in [-0.4, -0.2) is 27.4 Å². The van der Waals surface area contributed by atoms with Crippen LogP contribution in [0, 0.1) is 5.41 Å². The second-order valence-electron chi connectivity index (χ2n) is 4.75. The molecular formula is C13H22O2. The number of methoxy groups -OCH3 is 2. The van der Waals surface area contributed by atoms with Gasteiger partial charge in [0, 0.05) is 19.6 Å². The van der Waals surface area contributed by atoms with Gasteiger partial charge in [-0.25, -0.2) is 0 Å². The molecule has 2 nitrogen and oxygen atoms in total. The van der Waals surface area contributed by atoms with Gasteiger partial charge in [0.2, 0.25) is 0 Å². The highest BCUT2D eigenvalue weighted by molar-refractivity contribution is 5.28. The normalized spacial score (nSPS) is 18.8. The Morgan fingerprint density at radius 1 is 1.33 bits per heavy atom. The van der Waals surface area contributed by atoms with Crippen molar-refractivity contribution in [3.8, 4) is 0 Å². The number of hydrogen-bond acceptors (Lipinski definition) is 2. The molecule has 0 aromatic heterocycles. The lowest BCUT2D eigenvalue weighted by Gasteiger charge is -2.27. The minimum absolute atomic E-state index is 0.171. The average Bonchev–Trinajstić information content (AvgIpc) is 2.49. The van der Waals surface area contributed by atoms with Crippen molar-refractivity contribution >= 4 is 0 Å². The summed E-state index contributed by atoms with van der Waals surface area (Å²) in [6.07, 6.45) is 6.70. The van der Waals surface area contributed by atoms with Gasteiger partial charge in [0.15, 0.2) is 0 Å². The minimum Gasteiger partial charge on any atom is -0.384 e. The van der Waals surface area contributed by atoms with Crippen LogP contribution >= 0.6 is 0 Å². The Balaban J connectivity index is 2.63. The van der Waals surface area contributed by atoms with Crippen LogP contribution in [-0.2, 0) is 9.47 Å². The number of allylic oxidation sites excluding steroid dienone is 4. The standard InChI is InChI=1S/C13H22O2/c1-11(2)7-12-5-6-13(8-12,9-14-3)10-15-4/h5,7H,6,8-10H2,1-4H3. The Kier molecular flexibility index (Phi) is 4.55. The molecule has 2 heteroatoms. The van der Waals surface area contributed by atoms with Crippen molar-refractivity contribution in [2.45, 2.75) is 26.7 Å². The number of rotatable bonds is 5. The fraction of sp³-hybridized carbons (Fsp3) is 0.692. The molecule has 0 N–H and O–H groups in total. The van der Waals surface area contributed by atoms with Crippen molar-refractivity contribution in [2.75, 3.05) is 27.4 Å². The van der Waals surface area contributed by atoms with Gasteiger partial charge in [-0.2, -0.15) is 0 Å². The SMILES string of the molecule is COCC1(COC)CC=C(C=C(C)C)C1. The molecule has 0 atom stereocenters. The van der Waals surface area contributed by atoms with E-state index < -0.39 is 0 Å². The molecule has 0 radical (unpaired) electrons. The third-order valence-electron chi connectivity index (χ3n) is 2.75. The summed E-state index contributed by atoms with van der Waals surface area (Å²) in [6, 6.07) is 0. The topological polar surface area (TPSA) is 18.5 Å². The van der Waals surface area contributed by atoms with Gasteiger partial charge < -0.3 is 9.47 Å². The maximum Gasteiger partial charge on any atom is 0.0546 e. The van der Waals surface area contributed by atoms with E-state index in [-0.39, 0.29) is 5.41 Å². The minimum atomic E-state index is 0.171. The summed E-state index contributed by atoms with van der Waals surface area (Å²) in [6.45, 7) is 5.82. The summed E-state index contributed by atoms with van der Waals surface area (Å²) >= 11 is 0. The van der Waals surface area contributed by atoms with E-state index in [1.165, 1.54) is 11.1 Å².